The molecular formula is C8H19NO. The molecule has 0 heterocycles. The first-order chi connectivity index (χ1) is 4.66. The molecule has 0 saturated heterocycles. The van der Waals surface area contributed by atoms with Gasteiger partial charge in [0.2, 0.25) is 0 Å². The van der Waals surface area contributed by atoms with Gasteiger partial charge in [-0.1, -0.05) is 13.3 Å². The Hall–Kier alpha value is -0.0800. The first kappa shape index (κ1) is 9.92. The summed E-state index contributed by atoms with van der Waals surface area (Å²) in [7, 11) is 2.04. The second-order valence-corrected chi connectivity index (χ2v) is 2.96. The quantitative estimate of drug-likeness (QED) is 0.626. The van der Waals surface area contributed by atoms with E-state index in [2.05, 4.69) is 11.8 Å². The molecule has 0 fully saturated rings. The lowest BCUT2D eigenvalue weighted by Crippen LogP contribution is -2.27. The Morgan fingerprint density at radius 1 is 1.50 bits per heavy atom. The number of hydrogen-bond donors (Lipinski definition) is 1. The van der Waals surface area contributed by atoms with Gasteiger partial charge in [0.25, 0.3) is 0 Å². The van der Waals surface area contributed by atoms with Crippen LogP contribution >= 0.6 is 0 Å². The second-order valence-electron chi connectivity index (χ2n) is 2.96. The van der Waals surface area contributed by atoms with Crippen LogP contribution in [-0.4, -0.2) is 36.2 Å². The van der Waals surface area contributed by atoms with E-state index in [0.717, 1.165) is 13.1 Å². The van der Waals surface area contributed by atoms with E-state index in [1.807, 2.05) is 14.0 Å². The zero-order valence-electron chi connectivity index (χ0n) is 7.30. The van der Waals surface area contributed by atoms with Crippen molar-refractivity contribution in [1.82, 2.24) is 4.90 Å². The van der Waals surface area contributed by atoms with Gasteiger partial charge in [-0.2, -0.15) is 0 Å². The first-order valence-electron chi connectivity index (χ1n) is 4.03. The zero-order valence-corrected chi connectivity index (χ0v) is 7.30. The van der Waals surface area contributed by atoms with E-state index in [9.17, 15) is 0 Å². The van der Waals surface area contributed by atoms with E-state index in [1.54, 1.807) is 0 Å². The van der Waals surface area contributed by atoms with E-state index >= 15 is 0 Å². The molecule has 0 spiro atoms. The van der Waals surface area contributed by atoms with Crippen molar-refractivity contribution in [2.75, 3.05) is 20.1 Å². The summed E-state index contributed by atoms with van der Waals surface area (Å²) in [6, 6.07) is 0. The van der Waals surface area contributed by atoms with Crippen LogP contribution in [0.1, 0.15) is 26.7 Å². The van der Waals surface area contributed by atoms with Crippen LogP contribution in [-0.2, 0) is 0 Å². The lowest BCUT2D eigenvalue weighted by molar-refractivity contribution is 0.141. The van der Waals surface area contributed by atoms with Crippen molar-refractivity contribution in [3.05, 3.63) is 0 Å². The summed E-state index contributed by atoms with van der Waals surface area (Å²) in [5.74, 6) is 0. The van der Waals surface area contributed by atoms with Crippen molar-refractivity contribution in [1.29, 1.82) is 0 Å². The predicted octanol–water partition coefficient (Wildman–Crippen LogP) is 1.10. The average molecular weight is 145 g/mol. The molecule has 0 aromatic heterocycles. The number of likely N-dealkylation sites (N-methyl/N-ethyl adjacent to an activating group) is 1. The van der Waals surface area contributed by atoms with Crippen LogP contribution in [0.2, 0.25) is 0 Å². The third-order valence-electron chi connectivity index (χ3n) is 1.47. The summed E-state index contributed by atoms with van der Waals surface area (Å²) in [5.41, 5.74) is 0. The molecule has 0 radical (unpaired) electrons. The summed E-state index contributed by atoms with van der Waals surface area (Å²) < 4.78 is 0. The number of aliphatic hydroxyl groups is 1. The molecule has 0 bridgehead atoms. The number of rotatable bonds is 5. The summed E-state index contributed by atoms with van der Waals surface area (Å²) in [4.78, 5) is 2.16. The molecule has 0 aromatic carbocycles. The number of aliphatic hydroxyl groups excluding tert-OH is 1. The fourth-order valence-electron chi connectivity index (χ4n) is 0.970. The molecule has 0 saturated carbocycles. The van der Waals surface area contributed by atoms with Crippen LogP contribution in [0.15, 0.2) is 0 Å². The molecule has 0 rings (SSSR count). The molecular weight excluding hydrogens is 126 g/mol. The maximum atomic E-state index is 8.98. The fraction of sp³-hybridized carbons (Fsp3) is 1.00. The smallest absolute Gasteiger partial charge is 0.0638 e. The van der Waals surface area contributed by atoms with E-state index < -0.39 is 0 Å². The van der Waals surface area contributed by atoms with Crippen LogP contribution in [0.5, 0.6) is 0 Å². The van der Waals surface area contributed by atoms with Gasteiger partial charge in [0.05, 0.1) is 6.10 Å². The first-order valence-corrected chi connectivity index (χ1v) is 4.03. The normalized spacial score (nSPS) is 14.1. The molecule has 1 N–H and O–H groups in total. The maximum absolute atomic E-state index is 8.98. The predicted molar refractivity (Wildman–Crippen MR) is 44.1 cm³/mol. The highest BCUT2D eigenvalue weighted by Crippen LogP contribution is 1.92. The Kier molecular flexibility index (Phi) is 5.64. The molecule has 10 heavy (non-hydrogen) atoms. The molecule has 62 valence electrons. The highest BCUT2D eigenvalue weighted by molar-refractivity contribution is 4.54. The largest absolute Gasteiger partial charge is 0.392 e. The van der Waals surface area contributed by atoms with E-state index in [0.29, 0.717) is 0 Å². The van der Waals surface area contributed by atoms with Gasteiger partial charge in [0, 0.05) is 6.54 Å². The molecule has 0 aromatic rings. The number of unbranched alkanes of at least 4 members (excludes halogenated alkanes) is 1. The summed E-state index contributed by atoms with van der Waals surface area (Å²) >= 11 is 0. The van der Waals surface area contributed by atoms with Gasteiger partial charge in [0.1, 0.15) is 0 Å². The van der Waals surface area contributed by atoms with Gasteiger partial charge in [-0.25, -0.2) is 0 Å². The molecule has 0 aliphatic rings. The lowest BCUT2D eigenvalue weighted by atomic mass is 10.3. The van der Waals surface area contributed by atoms with Gasteiger partial charge >= 0.3 is 0 Å². The SMILES string of the molecule is CCCCN(C)CC(C)O. The zero-order chi connectivity index (χ0) is 7.98. The molecule has 0 amide bonds. The molecule has 1 unspecified atom stereocenters. The number of nitrogens with zero attached hydrogens (tertiary/aromatic N) is 1. The minimum atomic E-state index is -0.193. The van der Waals surface area contributed by atoms with Crippen LogP contribution in [0.3, 0.4) is 0 Å². The summed E-state index contributed by atoms with van der Waals surface area (Å²) in [6.07, 6.45) is 2.26. The van der Waals surface area contributed by atoms with Gasteiger partial charge in [-0.15, -0.1) is 0 Å². The Bertz CT molecular complexity index is 73.7. The third-order valence-corrected chi connectivity index (χ3v) is 1.47. The van der Waals surface area contributed by atoms with E-state index in [1.165, 1.54) is 12.8 Å². The average Bonchev–Trinajstić information content (AvgIpc) is 1.82. The molecule has 2 nitrogen and oxygen atoms in total. The third kappa shape index (κ3) is 6.05. The Morgan fingerprint density at radius 2 is 2.10 bits per heavy atom. The minimum absolute atomic E-state index is 0.193. The Morgan fingerprint density at radius 3 is 2.50 bits per heavy atom. The van der Waals surface area contributed by atoms with E-state index in [-0.39, 0.29) is 6.10 Å². The fourth-order valence-corrected chi connectivity index (χ4v) is 0.970. The summed E-state index contributed by atoms with van der Waals surface area (Å²) in [5, 5.41) is 8.98. The van der Waals surface area contributed by atoms with Gasteiger partial charge in [-0.05, 0) is 26.9 Å². The van der Waals surface area contributed by atoms with Crippen LogP contribution < -0.4 is 0 Å². The monoisotopic (exact) mass is 145 g/mol. The van der Waals surface area contributed by atoms with Crippen molar-refractivity contribution in [2.24, 2.45) is 0 Å². The van der Waals surface area contributed by atoms with Crippen LogP contribution in [0.4, 0.5) is 0 Å². The number of hydrogen-bond acceptors (Lipinski definition) is 2. The Balaban J connectivity index is 3.16. The topological polar surface area (TPSA) is 23.5 Å². The maximum Gasteiger partial charge on any atom is 0.0638 e. The van der Waals surface area contributed by atoms with Crippen molar-refractivity contribution >= 4 is 0 Å². The van der Waals surface area contributed by atoms with E-state index in [4.69, 9.17) is 5.11 Å². The minimum Gasteiger partial charge on any atom is -0.392 e. The molecule has 1 atom stereocenters. The van der Waals surface area contributed by atoms with Gasteiger partial charge < -0.3 is 10.0 Å². The highest BCUT2D eigenvalue weighted by atomic mass is 16.3. The summed E-state index contributed by atoms with van der Waals surface area (Å²) in [6.45, 7) is 5.89. The van der Waals surface area contributed by atoms with Crippen molar-refractivity contribution in [2.45, 2.75) is 32.8 Å². The van der Waals surface area contributed by atoms with Gasteiger partial charge in [-0.3, -0.25) is 0 Å². The van der Waals surface area contributed by atoms with Gasteiger partial charge in [0.15, 0.2) is 0 Å². The van der Waals surface area contributed by atoms with Crippen LogP contribution in [0.25, 0.3) is 0 Å². The standard InChI is InChI=1S/C8H19NO/c1-4-5-6-9(3)7-8(2)10/h8,10H,4-7H2,1-3H3. The lowest BCUT2D eigenvalue weighted by Gasteiger charge is -2.17. The van der Waals surface area contributed by atoms with Crippen molar-refractivity contribution < 1.29 is 5.11 Å². The van der Waals surface area contributed by atoms with Crippen LogP contribution in [0, 0.1) is 0 Å². The molecule has 2 heteroatoms. The Labute approximate surface area is 63.8 Å². The van der Waals surface area contributed by atoms with Crippen molar-refractivity contribution in [3.8, 4) is 0 Å². The highest BCUT2D eigenvalue weighted by Gasteiger charge is 2.00. The molecule has 0 aliphatic heterocycles. The second kappa shape index (κ2) is 5.69. The van der Waals surface area contributed by atoms with Crippen molar-refractivity contribution in [3.63, 3.8) is 0 Å². The molecule has 0 aliphatic carbocycles.